The van der Waals surface area contributed by atoms with Crippen LogP contribution in [0, 0.1) is 0 Å². The van der Waals surface area contributed by atoms with Crippen LogP contribution in [0.15, 0.2) is 30.3 Å². The highest BCUT2D eigenvalue weighted by molar-refractivity contribution is 5.69. The van der Waals surface area contributed by atoms with Gasteiger partial charge in [-0.05, 0) is 31.2 Å². The Morgan fingerprint density at radius 2 is 1.84 bits per heavy atom. The van der Waals surface area contributed by atoms with E-state index in [-0.39, 0.29) is 24.2 Å². The molecule has 19 heavy (non-hydrogen) atoms. The molecule has 0 aliphatic carbocycles. The van der Waals surface area contributed by atoms with Crippen LogP contribution in [0.1, 0.15) is 31.2 Å². The molecule has 0 radical (unpaired) electrons. The number of rotatable bonds is 2. The van der Waals surface area contributed by atoms with Gasteiger partial charge in [-0.25, -0.2) is 4.79 Å². The highest BCUT2D eigenvalue weighted by Crippen LogP contribution is 2.35. The molecule has 1 aromatic rings. The minimum atomic E-state index is -0.178. The molecule has 2 aliphatic heterocycles. The van der Waals surface area contributed by atoms with E-state index in [1.807, 2.05) is 35.2 Å². The molecule has 2 heterocycles. The predicted octanol–water partition coefficient (Wildman–Crippen LogP) is 2.28. The van der Waals surface area contributed by atoms with Gasteiger partial charge in [0.15, 0.2) is 0 Å². The van der Waals surface area contributed by atoms with Crippen LogP contribution in [-0.4, -0.2) is 29.1 Å². The summed E-state index contributed by atoms with van der Waals surface area (Å²) in [5.74, 6) is 0. The summed E-state index contributed by atoms with van der Waals surface area (Å²) in [6.45, 7) is 0.349. The van der Waals surface area contributed by atoms with Gasteiger partial charge in [-0.3, -0.25) is 0 Å². The van der Waals surface area contributed by atoms with Crippen LogP contribution >= 0.6 is 0 Å². The van der Waals surface area contributed by atoms with Crippen LogP contribution in [0.5, 0.6) is 0 Å². The third-order valence-corrected chi connectivity index (χ3v) is 4.19. The minimum absolute atomic E-state index is 0.178. The first-order valence-corrected chi connectivity index (χ1v) is 6.98. The molecule has 2 aliphatic rings. The van der Waals surface area contributed by atoms with E-state index in [4.69, 9.17) is 10.5 Å². The van der Waals surface area contributed by atoms with E-state index in [9.17, 15) is 4.79 Å². The third kappa shape index (κ3) is 2.59. The fraction of sp³-hybridized carbons (Fsp3) is 0.533. The second kappa shape index (κ2) is 5.21. The van der Waals surface area contributed by atoms with Crippen molar-refractivity contribution in [3.8, 4) is 0 Å². The van der Waals surface area contributed by atoms with Gasteiger partial charge in [-0.1, -0.05) is 30.3 Å². The molecule has 2 atom stereocenters. The number of hydrogen-bond donors (Lipinski definition) is 1. The van der Waals surface area contributed by atoms with E-state index in [1.165, 1.54) is 0 Å². The number of nitrogens with two attached hydrogens (primary N) is 1. The molecule has 4 nitrogen and oxygen atoms in total. The summed E-state index contributed by atoms with van der Waals surface area (Å²) in [6, 6.07) is 10.6. The maximum Gasteiger partial charge on any atom is 0.410 e. The van der Waals surface area contributed by atoms with Gasteiger partial charge in [0.2, 0.25) is 0 Å². The van der Waals surface area contributed by atoms with E-state index in [0.29, 0.717) is 6.61 Å². The summed E-state index contributed by atoms with van der Waals surface area (Å²) in [4.78, 5) is 14.1. The number of amides is 1. The number of hydrogen-bond acceptors (Lipinski definition) is 3. The largest absolute Gasteiger partial charge is 0.445 e. The normalized spacial score (nSPS) is 29.3. The van der Waals surface area contributed by atoms with Crippen molar-refractivity contribution in [1.29, 1.82) is 0 Å². The number of carbonyl (C=O) groups excluding carboxylic acids is 1. The Morgan fingerprint density at radius 1 is 1.21 bits per heavy atom. The molecule has 2 unspecified atom stereocenters. The molecule has 3 rings (SSSR count). The molecule has 0 saturated carbocycles. The molecule has 2 N–H and O–H groups in total. The van der Waals surface area contributed by atoms with E-state index in [1.54, 1.807) is 0 Å². The van der Waals surface area contributed by atoms with Crippen LogP contribution in [0.2, 0.25) is 0 Å². The van der Waals surface area contributed by atoms with Crippen LogP contribution < -0.4 is 5.73 Å². The average Bonchev–Trinajstić information content (AvgIpc) is 2.70. The van der Waals surface area contributed by atoms with Crippen molar-refractivity contribution in [3.05, 3.63) is 35.9 Å². The minimum Gasteiger partial charge on any atom is -0.445 e. The third-order valence-electron chi connectivity index (χ3n) is 4.19. The number of benzene rings is 1. The first-order chi connectivity index (χ1) is 9.24. The lowest BCUT2D eigenvalue weighted by Crippen LogP contribution is -2.50. The Morgan fingerprint density at radius 3 is 2.47 bits per heavy atom. The molecule has 1 aromatic carbocycles. The van der Waals surface area contributed by atoms with Gasteiger partial charge in [0.05, 0.1) is 0 Å². The maximum atomic E-state index is 12.2. The number of piperidine rings is 1. The number of fused-ring (bicyclic) bond motifs is 2. The van der Waals surface area contributed by atoms with Crippen LogP contribution in [-0.2, 0) is 11.3 Å². The quantitative estimate of drug-likeness (QED) is 0.887. The number of ether oxygens (including phenoxy) is 1. The Labute approximate surface area is 113 Å². The first kappa shape index (κ1) is 12.5. The van der Waals surface area contributed by atoms with Gasteiger partial charge in [0.1, 0.15) is 6.61 Å². The lowest BCUT2D eigenvalue weighted by atomic mass is 9.99. The van der Waals surface area contributed by atoms with E-state index < -0.39 is 0 Å². The lowest BCUT2D eigenvalue weighted by Gasteiger charge is -2.36. The smallest absolute Gasteiger partial charge is 0.410 e. The highest BCUT2D eigenvalue weighted by atomic mass is 16.6. The average molecular weight is 260 g/mol. The van der Waals surface area contributed by atoms with Crippen molar-refractivity contribution >= 4 is 6.09 Å². The molecule has 0 aromatic heterocycles. The summed E-state index contributed by atoms with van der Waals surface area (Å²) in [6.07, 6.45) is 3.79. The van der Waals surface area contributed by atoms with Gasteiger partial charge in [0.25, 0.3) is 0 Å². The summed E-state index contributed by atoms with van der Waals surface area (Å²) in [5.41, 5.74) is 7.03. The SMILES string of the molecule is NC1CC2CCC(C1)N2C(=O)OCc1ccccc1. The molecule has 0 spiro atoms. The number of carbonyl (C=O) groups is 1. The fourth-order valence-electron chi connectivity index (χ4n) is 3.31. The van der Waals surface area contributed by atoms with E-state index >= 15 is 0 Å². The Kier molecular flexibility index (Phi) is 3.42. The van der Waals surface area contributed by atoms with Gasteiger partial charge >= 0.3 is 6.09 Å². The van der Waals surface area contributed by atoms with Gasteiger partial charge in [0, 0.05) is 18.1 Å². The van der Waals surface area contributed by atoms with Crippen LogP contribution in [0.25, 0.3) is 0 Å². The maximum absolute atomic E-state index is 12.2. The molecule has 102 valence electrons. The standard InChI is InChI=1S/C15H20N2O2/c16-12-8-13-6-7-14(9-12)17(13)15(18)19-10-11-4-2-1-3-5-11/h1-5,12-14H,6-10,16H2. The van der Waals surface area contributed by atoms with E-state index in [0.717, 1.165) is 31.2 Å². The van der Waals surface area contributed by atoms with Gasteiger partial charge in [-0.2, -0.15) is 0 Å². The van der Waals surface area contributed by atoms with Crippen molar-refractivity contribution in [2.45, 2.75) is 50.4 Å². The zero-order valence-electron chi connectivity index (χ0n) is 11.0. The van der Waals surface area contributed by atoms with E-state index in [2.05, 4.69) is 0 Å². The second-order valence-corrected chi connectivity index (χ2v) is 5.56. The summed E-state index contributed by atoms with van der Waals surface area (Å²) < 4.78 is 5.43. The zero-order valence-corrected chi connectivity index (χ0v) is 11.0. The molecule has 2 saturated heterocycles. The van der Waals surface area contributed by atoms with Crippen molar-refractivity contribution in [2.24, 2.45) is 5.73 Å². The van der Waals surface area contributed by atoms with Crippen molar-refractivity contribution in [2.75, 3.05) is 0 Å². The summed E-state index contributed by atoms with van der Waals surface area (Å²) in [7, 11) is 0. The number of nitrogens with zero attached hydrogens (tertiary/aromatic N) is 1. The predicted molar refractivity (Wildman–Crippen MR) is 72.5 cm³/mol. The van der Waals surface area contributed by atoms with Crippen molar-refractivity contribution in [1.82, 2.24) is 4.90 Å². The van der Waals surface area contributed by atoms with Crippen molar-refractivity contribution in [3.63, 3.8) is 0 Å². The highest BCUT2D eigenvalue weighted by Gasteiger charge is 2.43. The first-order valence-electron chi connectivity index (χ1n) is 6.98. The monoisotopic (exact) mass is 260 g/mol. The van der Waals surface area contributed by atoms with Crippen LogP contribution in [0.3, 0.4) is 0 Å². The summed E-state index contributed by atoms with van der Waals surface area (Å²) >= 11 is 0. The molecular weight excluding hydrogens is 240 g/mol. The molecule has 2 fully saturated rings. The molecule has 1 amide bonds. The van der Waals surface area contributed by atoms with Gasteiger partial charge < -0.3 is 15.4 Å². The molecular formula is C15H20N2O2. The Bertz CT molecular complexity index is 435. The summed E-state index contributed by atoms with van der Waals surface area (Å²) in [5, 5.41) is 0. The zero-order chi connectivity index (χ0) is 13.2. The second-order valence-electron chi connectivity index (χ2n) is 5.56. The van der Waals surface area contributed by atoms with Crippen LogP contribution in [0.4, 0.5) is 4.79 Å². The molecule has 2 bridgehead atoms. The fourth-order valence-corrected chi connectivity index (χ4v) is 3.31. The Hall–Kier alpha value is -1.55. The lowest BCUT2D eigenvalue weighted by molar-refractivity contribution is 0.0614. The Balaban J connectivity index is 1.59. The topological polar surface area (TPSA) is 55.6 Å². The molecule has 4 heteroatoms. The van der Waals surface area contributed by atoms with Gasteiger partial charge in [-0.15, -0.1) is 0 Å². The van der Waals surface area contributed by atoms with Crippen molar-refractivity contribution < 1.29 is 9.53 Å².